The van der Waals surface area contributed by atoms with Crippen LogP contribution in [0.3, 0.4) is 0 Å². The number of carbonyl (C=O) groups is 2. The molecule has 5 nitrogen and oxygen atoms in total. The molecule has 5 heteroatoms. The van der Waals surface area contributed by atoms with Crippen LogP contribution in [-0.2, 0) is 22.4 Å². The molecule has 0 unspecified atom stereocenters. The molecule has 0 aliphatic carbocycles. The number of rotatable bonds is 7. The largest absolute Gasteiger partial charge is 0.469 e. The van der Waals surface area contributed by atoms with Gasteiger partial charge in [-0.3, -0.25) is 9.59 Å². The summed E-state index contributed by atoms with van der Waals surface area (Å²) in [6.07, 6.45) is 5.21. The molecule has 0 saturated carbocycles. The third-order valence-electron chi connectivity index (χ3n) is 4.50. The molecule has 0 spiro atoms. The SMILES string of the molecule is C[C@@H](CCc1ccco1)NC(=O)Cc1ccc(N2CCCC2=O)cc1. The zero-order valence-electron chi connectivity index (χ0n) is 14.5. The van der Waals surface area contributed by atoms with E-state index < -0.39 is 0 Å². The first-order chi connectivity index (χ1) is 12.1. The molecule has 1 N–H and O–H groups in total. The lowest BCUT2D eigenvalue weighted by Crippen LogP contribution is -2.34. The highest BCUT2D eigenvalue weighted by Crippen LogP contribution is 2.21. The Morgan fingerprint density at radius 1 is 1.28 bits per heavy atom. The van der Waals surface area contributed by atoms with Gasteiger partial charge in [0, 0.05) is 31.1 Å². The van der Waals surface area contributed by atoms with Crippen molar-refractivity contribution in [2.24, 2.45) is 0 Å². The first-order valence-electron chi connectivity index (χ1n) is 8.83. The highest BCUT2D eigenvalue weighted by Gasteiger charge is 2.21. The number of carbonyl (C=O) groups excluding carboxylic acids is 2. The molecule has 1 aromatic heterocycles. The van der Waals surface area contributed by atoms with Crippen molar-refractivity contribution >= 4 is 17.5 Å². The Hall–Kier alpha value is -2.56. The average Bonchev–Trinajstić information content (AvgIpc) is 3.25. The Morgan fingerprint density at radius 3 is 2.72 bits per heavy atom. The fraction of sp³-hybridized carbons (Fsp3) is 0.400. The zero-order valence-corrected chi connectivity index (χ0v) is 14.5. The molecule has 25 heavy (non-hydrogen) atoms. The highest BCUT2D eigenvalue weighted by molar-refractivity contribution is 5.95. The summed E-state index contributed by atoms with van der Waals surface area (Å²) in [6.45, 7) is 2.79. The van der Waals surface area contributed by atoms with Crippen molar-refractivity contribution in [3.05, 3.63) is 54.0 Å². The van der Waals surface area contributed by atoms with Gasteiger partial charge in [0.15, 0.2) is 0 Å². The van der Waals surface area contributed by atoms with Crippen LogP contribution in [0.4, 0.5) is 5.69 Å². The van der Waals surface area contributed by atoms with Crippen molar-refractivity contribution in [3.8, 4) is 0 Å². The Balaban J connectivity index is 1.46. The van der Waals surface area contributed by atoms with Gasteiger partial charge in [0.05, 0.1) is 12.7 Å². The number of nitrogens with one attached hydrogen (secondary N) is 1. The van der Waals surface area contributed by atoms with E-state index in [0.717, 1.165) is 42.8 Å². The fourth-order valence-electron chi connectivity index (χ4n) is 3.11. The maximum absolute atomic E-state index is 12.2. The Kier molecular flexibility index (Phi) is 5.53. The number of hydrogen-bond acceptors (Lipinski definition) is 3. The number of hydrogen-bond donors (Lipinski definition) is 1. The lowest BCUT2D eigenvalue weighted by molar-refractivity contribution is -0.121. The van der Waals surface area contributed by atoms with E-state index in [1.165, 1.54) is 0 Å². The number of nitrogens with zero attached hydrogens (tertiary/aromatic N) is 1. The molecule has 3 rings (SSSR count). The smallest absolute Gasteiger partial charge is 0.227 e. The predicted molar refractivity (Wildman–Crippen MR) is 96.4 cm³/mol. The van der Waals surface area contributed by atoms with Crippen molar-refractivity contribution in [3.63, 3.8) is 0 Å². The molecule has 2 aromatic rings. The minimum atomic E-state index is 0.0111. The topological polar surface area (TPSA) is 62.6 Å². The van der Waals surface area contributed by atoms with Gasteiger partial charge in [-0.05, 0) is 49.6 Å². The molecule has 1 fully saturated rings. The molecular weight excluding hydrogens is 316 g/mol. The lowest BCUT2D eigenvalue weighted by Gasteiger charge is -2.16. The van der Waals surface area contributed by atoms with Crippen molar-refractivity contribution < 1.29 is 14.0 Å². The summed E-state index contributed by atoms with van der Waals surface area (Å²) >= 11 is 0. The van der Waals surface area contributed by atoms with Crippen LogP contribution in [0.25, 0.3) is 0 Å². The molecule has 132 valence electrons. The van der Waals surface area contributed by atoms with E-state index in [0.29, 0.717) is 12.8 Å². The normalized spacial score (nSPS) is 15.4. The van der Waals surface area contributed by atoms with Crippen molar-refractivity contribution in [1.29, 1.82) is 0 Å². The van der Waals surface area contributed by atoms with E-state index in [1.54, 1.807) is 11.2 Å². The van der Waals surface area contributed by atoms with Gasteiger partial charge in [-0.1, -0.05) is 12.1 Å². The molecule has 0 bridgehead atoms. The number of aryl methyl sites for hydroxylation is 1. The molecule has 2 amide bonds. The van der Waals surface area contributed by atoms with Crippen LogP contribution in [-0.4, -0.2) is 24.4 Å². The van der Waals surface area contributed by atoms with Crippen LogP contribution in [0.5, 0.6) is 0 Å². The van der Waals surface area contributed by atoms with Crippen molar-refractivity contribution in [1.82, 2.24) is 5.32 Å². The Labute approximate surface area is 148 Å². The first-order valence-corrected chi connectivity index (χ1v) is 8.83. The Morgan fingerprint density at radius 2 is 2.08 bits per heavy atom. The molecule has 1 atom stereocenters. The van der Waals surface area contributed by atoms with E-state index in [9.17, 15) is 9.59 Å². The number of benzene rings is 1. The second-order valence-corrected chi connectivity index (χ2v) is 6.58. The van der Waals surface area contributed by atoms with E-state index in [1.807, 2.05) is 43.3 Å². The second kappa shape index (κ2) is 8.01. The van der Waals surface area contributed by atoms with Crippen molar-refractivity contribution in [2.75, 3.05) is 11.4 Å². The van der Waals surface area contributed by atoms with Crippen LogP contribution in [0, 0.1) is 0 Å². The zero-order chi connectivity index (χ0) is 17.6. The standard InChI is InChI=1S/C20H24N2O3/c1-15(6-11-18-4-3-13-25-18)21-19(23)14-16-7-9-17(10-8-16)22-12-2-5-20(22)24/h3-4,7-10,13,15H,2,5-6,11-12,14H2,1H3,(H,21,23)/t15-/m0/s1. The van der Waals surface area contributed by atoms with Gasteiger partial charge >= 0.3 is 0 Å². The van der Waals surface area contributed by atoms with Crippen LogP contribution < -0.4 is 10.2 Å². The van der Waals surface area contributed by atoms with Gasteiger partial charge < -0.3 is 14.6 Å². The highest BCUT2D eigenvalue weighted by atomic mass is 16.3. The number of furan rings is 1. The van der Waals surface area contributed by atoms with Gasteiger partial charge in [-0.15, -0.1) is 0 Å². The maximum atomic E-state index is 12.2. The molecular formula is C20H24N2O3. The summed E-state index contributed by atoms with van der Waals surface area (Å²) in [5, 5.41) is 3.02. The summed E-state index contributed by atoms with van der Waals surface area (Å²) in [4.78, 5) is 25.7. The third-order valence-corrected chi connectivity index (χ3v) is 4.50. The van der Waals surface area contributed by atoms with Crippen LogP contribution >= 0.6 is 0 Å². The third kappa shape index (κ3) is 4.72. The van der Waals surface area contributed by atoms with E-state index in [2.05, 4.69) is 5.32 Å². The van der Waals surface area contributed by atoms with Crippen molar-refractivity contribution in [2.45, 2.75) is 45.1 Å². The summed E-state index contributed by atoms with van der Waals surface area (Å²) in [7, 11) is 0. The predicted octanol–water partition coefficient (Wildman–Crippen LogP) is 3.09. The second-order valence-electron chi connectivity index (χ2n) is 6.58. The van der Waals surface area contributed by atoms with Gasteiger partial charge in [0.2, 0.25) is 11.8 Å². The summed E-state index contributed by atoms with van der Waals surface area (Å²) in [5.74, 6) is 1.13. The summed E-state index contributed by atoms with van der Waals surface area (Å²) in [6, 6.07) is 11.6. The minimum absolute atomic E-state index is 0.0111. The molecule has 1 saturated heterocycles. The molecule has 1 aromatic carbocycles. The van der Waals surface area contributed by atoms with Gasteiger partial charge in [-0.2, -0.15) is 0 Å². The van der Waals surface area contributed by atoms with E-state index in [-0.39, 0.29) is 17.9 Å². The minimum Gasteiger partial charge on any atom is -0.469 e. The van der Waals surface area contributed by atoms with Crippen LogP contribution in [0.15, 0.2) is 47.1 Å². The summed E-state index contributed by atoms with van der Waals surface area (Å²) in [5.41, 5.74) is 1.87. The lowest BCUT2D eigenvalue weighted by atomic mass is 10.1. The van der Waals surface area contributed by atoms with Crippen LogP contribution in [0.2, 0.25) is 0 Å². The van der Waals surface area contributed by atoms with Gasteiger partial charge in [-0.25, -0.2) is 0 Å². The number of amides is 2. The monoisotopic (exact) mass is 340 g/mol. The van der Waals surface area contributed by atoms with Crippen LogP contribution in [0.1, 0.15) is 37.5 Å². The molecule has 1 aliphatic heterocycles. The molecule has 2 heterocycles. The fourth-order valence-corrected chi connectivity index (χ4v) is 3.11. The number of anilines is 1. The Bertz CT molecular complexity index is 707. The first kappa shape index (κ1) is 17.3. The maximum Gasteiger partial charge on any atom is 0.227 e. The van der Waals surface area contributed by atoms with Gasteiger partial charge in [0.1, 0.15) is 5.76 Å². The quantitative estimate of drug-likeness (QED) is 0.842. The summed E-state index contributed by atoms with van der Waals surface area (Å²) < 4.78 is 5.30. The average molecular weight is 340 g/mol. The van der Waals surface area contributed by atoms with Gasteiger partial charge in [0.25, 0.3) is 0 Å². The van der Waals surface area contributed by atoms with E-state index >= 15 is 0 Å². The molecule has 1 aliphatic rings. The molecule has 0 radical (unpaired) electrons. The van der Waals surface area contributed by atoms with E-state index in [4.69, 9.17) is 4.42 Å².